The predicted octanol–water partition coefficient (Wildman–Crippen LogP) is 2.50. The minimum atomic E-state index is -1.00. The van der Waals surface area contributed by atoms with Crippen molar-refractivity contribution in [2.24, 2.45) is 0 Å². The Balaban J connectivity index is 1.91. The molecule has 0 radical (unpaired) electrons. The van der Waals surface area contributed by atoms with Crippen LogP contribution in [0.15, 0.2) is 42.5 Å². The number of nitrogens with zero attached hydrogens (tertiary/aromatic N) is 1. The molecular formula is C17H16FN3O5. The number of carbonyl (C=O) groups is 2. The van der Waals surface area contributed by atoms with Crippen molar-refractivity contribution in [2.75, 3.05) is 18.5 Å². The first-order chi connectivity index (χ1) is 12.4. The van der Waals surface area contributed by atoms with E-state index in [1.165, 1.54) is 6.07 Å². The molecule has 0 saturated heterocycles. The maximum absolute atomic E-state index is 13.3. The van der Waals surface area contributed by atoms with E-state index in [-0.39, 0.29) is 12.2 Å². The van der Waals surface area contributed by atoms with E-state index in [4.69, 9.17) is 4.74 Å². The summed E-state index contributed by atoms with van der Waals surface area (Å²) in [7, 11) is 0. The van der Waals surface area contributed by atoms with Gasteiger partial charge >= 0.3 is 5.69 Å². The Morgan fingerprint density at radius 1 is 1.19 bits per heavy atom. The van der Waals surface area contributed by atoms with Gasteiger partial charge in [-0.25, -0.2) is 0 Å². The van der Waals surface area contributed by atoms with Gasteiger partial charge in [0.2, 0.25) is 11.7 Å². The quantitative estimate of drug-likeness (QED) is 0.581. The van der Waals surface area contributed by atoms with Crippen molar-refractivity contribution in [3.05, 3.63) is 64.0 Å². The van der Waals surface area contributed by atoms with Crippen LogP contribution in [0, 0.1) is 15.9 Å². The highest BCUT2D eigenvalue weighted by atomic mass is 19.1. The van der Waals surface area contributed by atoms with E-state index in [1.54, 1.807) is 24.3 Å². The van der Waals surface area contributed by atoms with Crippen LogP contribution in [0.2, 0.25) is 0 Å². The molecule has 2 amide bonds. The molecule has 0 heterocycles. The highest BCUT2D eigenvalue weighted by Crippen LogP contribution is 2.21. The smallest absolute Gasteiger partial charge is 0.306 e. The van der Waals surface area contributed by atoms with Crippen LogP contribution in [0.1, 0.15) is 17.3 Å². The summed E-state index contributed by atoms with van der Waals surface area (Å²) in [5, 5.41) is 15.5. The van der Waals surface area contributed by atoms with Crippen molar-refractivity contribution in [3.63, 3.8) is 0 Å². The van der Waals surface area contributed by atoms with Gasteiger partial charge in [-0.05, 0) is 43.3 Å². The van der Waals surface area contributed by atoms with Gasteiger partial charge in [0, 0.05) is 17.3 Å². The van der Waals surface area contributed by atoms with Crippen molar-refractivity contribution < 1.29 is 23.6 Å². The lowest BCUT2D eigenvalue weighted by molar-refractivity contribution is -0.387. The fraction of sp³-hybridized carbons (Fsp3) is 0.176. The number of hydrogen-bond acceptors (Lipinski definition) is 5. The summed E-state index contributed by atoms with van der Waals surface area (Å²) in [5.41, 5.74) is -0.349. The number of anilines is 1. The standard InChI is InChI=1S/C17H16FN3O5/c1-2-26-13-6-3-11(4-7-13)17(23)19-10-16(22)20-12-5-8-14(18)15(9-12)21(24)25/h3-9H,2,10H2,1H3,(H,19,23)(H,20,22). The molecule has 9 heteroatoms. The molecule has 2 aromatic carbocycles. The van der Waals surface area contributed by atoms with E-state index >= 15 is 0 Å². The van der Waals surface area contributed by atoms with Gasteiger partial charge in [0.05, 0.1) is 18.1 Å². The number of rotatable bonds is 7. The zero-order valence-electron chi connectivity index (χ0n) is 13.8. The van der Waals surface area contributed by atoms with E-state index in [0.717, 1.165) is 12.1 Å². The van der Waals surface area contributed by atoms with Crippen molar-refractivity contribution in [2.45, 2.75) is 6.92 Å². The number of nitro benzene ring substituents is 1. The van der Waals surface area contributed by atoms with Crippen LogP contribution in [0.25, 0.3) is 0 Å². The molecule has 0 aromatic heterocycles. The molecule has 0 aliphatic rings. The monoisotopic (exact) mass is 361 g/mol. The molecule has 26 heavy (non-hydrogen) atoms. The molecule has 0 unspecified atom stereocenters. The number of nitro groups is 1. The van der Waals surface area contributed by atoms with Crippen LogP contribution >= 0.6 is 0 Å². The summed E-state index contributed by atoms with van der Waals surface area (Å²) in [6.07, 6.45) is 0. The highest BCUT2D eigenvalue weighted by Gasteiger charge is 2.15. The molecule has 2 aromatic rings. The lowest BCUT2D eigenvalue weighted by Gasteiger charge is -2.08. The summed E-state index contributed by atoms with van der Waals surface area (Å²) in [4.78, 5) is 33.6. The van der Waals surface area contributed by atoms with Crippen LogP contribution in [0.5, 0.6) is 5.75 Å². The zero-order valence-corrected chi connectivity index (χ0v) is 13.8. The lowest BCUT2D eigenvalue weighted by atomic mass is 10.2. The van der Waals surface area contributed by atoms with E-state index in [9.17, 15) is 24.1 Å². The summed E-state index contributed by atoms with van der Waals surface area (Å²) in [5.74, 6) is -1.45. The molecule has 2 rings (SSSR count). The summed E-state index contributed by atoms with van der Waals surface area (Å²) >= 11 is 0. The van der Waals surface area contributed by atoms with Gasteiger partial charge < -0.3 is 15.4 Å². The maximum atomic E-state index is 13.3. The van der Waals surface area contributed by atoms with E-state index < -0.39 is 28.2 Å². The van der Waals surface area contributed by atoms with Crippen molar-refractivity contribution in [3.8, 4) is 5.75 Å². The molecule has 0 fully saturated rings. The van der Waals surface area contributed by atoms with Crippen LogP contribution in [-0.4, -0.2) is 29.9 Å². The molecule has 0 aliphatic carbocycles. The van der Waals surface area contributed by atoms with Crippen molar-refractivity contribution in [1.82, 2.24) is 5.32 Å². The second-order valence-electron chi connectivity index (χ2n) is 5.11. The van der Waals surface area contributed by atoms with Gasteiger partial charge in [-0.3, -0.25) is 19.7 Å². The first kappa shape index (κ1) is 18.8. The first-order valence-electron chi connectivity index (χ1n) is 7.65. The number of benzene rings is 2. The second kappa shape index (κ2) is 8.56. The van der Waals surface area contributed by atoms with Crippen LogP contribution in [-0.2, 0) is 4.79 Å². The average molecular weight is 361 g/mol. The summed E-state index contributed by atoms with van der Waals surface area (Å²) in [6, 6.07) is 9.36. The molecule has 0 atom stereocenters. The third kappa shape index (κ3) is 5.00. The summed E-state index contributed by atoms with van der Waals surface area (Å²) < 4.78 is 18.5. The molecule has 2 N–H and O–H groups in total. The number of hydrogen-bond donors (Lipinski definition) is 2. The largest absolute Gasteiger partial charge is 0.494 e. The highest BCUT2D eigenvalue weighted by molar-refractivity contribution is 5.99. The Morgan fingerprint density at radius 3 is 2.50 bits per heavy atom. The number of carbonyl (C=O) groups excluding carboxylic acids is 2. The number of ether oxygens (including phenoxy) is 1. The van der Waals surface area contributed by atoms with E-state index in [0.29, 0.717) is 17.9 Å². The number of halogens is 1. The topological polar surface area (TPSA) is 111 Å². The van der Waals surface area contributed by atoms with Crippen LogP contribution < -0.4 is 15.4 Å². The SMILES string of the molecule is CCOc1ccc(C(=O)NCC(=O)Nc2ccc(F)c([N+](=O)[O-])c2)cc1. The van der Waals surface area contributed by atoms with E-state index in [1.807, 2.05) is 6.92 Å². The van der Waals surface area contributed by atoms with Gasteiger partial charge in [-0.1, -0.05) is 0 Å². The molecule has 136 valence electrons. The first-order valence-corrected chi connectivity index (χ1v) is 7.65. The third-order valence-electron chi connectivity index (χ3n) is 3.26. The predicted molar refractivity (Wildman–Crippen MR) is 91.6 cm³/mol. The normalized spacial score (nSPS) is 10.1. The fourth-order valence-corrected chi connectivity index (χ4v) is 2.07. The van der Waals surface area contributed by atoms with Gasteiger partial charge in [0.25, 0.3) is 5.91 Å². The Hall–Kier alpha value is -3.49. The molecule has 0 saturated carbocycles. The summed E-state index contributed by atoms with van der Waals surface area (Å²) in [6.45, 7) is 2.00. The van der Waals surface area contributed by atoms with Gasteiger partial charge in [0.15, 0.2) is 0 Å². The zero-order chi connectivity index (χ0) is 19.1. The minimum absolute atomic E-state index is 0.0541. The van der Waals surface area contributed by atoms with Crippen LogP contribution in [0.4, 0.5) is 15.8 Å². The Labute approximate surface area is 148 Å². The van der Waals surface area contributed by atoms with Gasteiger partial charge in [0.1, 0.15) is 5.75 Å². The maximum Gasteiger partial charge on any atom is 0.306 e. The third-order valence-corrected chi connectivity index (χ3v) is 3.26. The fourth-order valence-electron chi connectivity index (χ4n) is 2.07. The molecule has 0 aliphatic heterocycles. The Bertz CT molecular complexity index is 824. The molecule has 0 bridgehead atoms. The van der Waals surface area contributed by atoms with Crippen LogP contribution in [0.3, 0.4) is 0 Å². The molecule has 8 nitrogen and oxygen atoms in total. The van der Waals surface area contributed by atoms with Crippen molar-refractivity contribution >= 4 is 23.2 Å². The average Bonchev–Trinajstić information content (AvgIpc) is 2.62. The lowest BCUT2D eigenvalue weighted by Crippen LogP contribution is -2.32. The Kier molecular flexibility index (Phi) is 6.20. The molecule has 0 spiro atoms. The van der Waals surface area contributed by atoms with Crippen molar-refractivity contribution in [1.29, 1.82) is 0 Å². The van der Waals surface area contributed by atoms with E-state index in [2.05, 4.69) is 10.6 Å². The minimum Gasteiger partial charge on any atom is -0.494 e. The van der Waals surface area contributed by atoms with Gasteiger partial charge in [-0.15, -0.1) is 0 Å². The number of nitrogens with one attached hydrogen (secondary N) is 2. The Morgan fingerprint density at radius 2 is 1.88 bits per heavy atom. The van der Waals surface area contributed by atoms with Gasteiger partial charge in [-0.2, -0.15) is 4.39 Å². The molecular weight excluding hydrogens is 345 g/mol. The second-order valence-corrected chi connectivity index (χ2v) is 5.11. The number of amides is 2.